The van der Waals surface area contributed by atoms with Gasteiger partial charge in [0.15, 0.2) is 11.5 Å². The Bertz CT molecular complexity index is 654. The number of halogens is 1. The molecular weight excluding hydrogens is 393 g/mol. The normalized spacial score (nSPS) is 10.7. The summed E-state index contributed by atoms with van der Waals surface area (Å²) in [4.78, 5) is 4.46. The molecule has 0 unspecified atom stereocenters. The van der Waals surface area contributed by atoms with E-state index in [0.717, 1.165) is 26.3 Å². The monoisotopic (exact) mass is 411 g/mol. The molecule has 0 aliphatic carbocycles. The highest BCUT2D eigenvalue weighted by molar-refractivity contribution is 14.1. The van der Waals surface area contributed by atoms with Crippen LogP contribution in [-0.4, -0.2) is 27.0 Å². The van der Waals surface area contributed by atoms with Gasteiger partial charge in [0.1, 0.15) is 5.75 Å². The minimum absolute atomic E-state index is 0.603. The summed E-state index contributed by atoms with van der Waals surface area (Å²) in [6.07, 6.45) is 1.81. The topological polar surface area (TPSA) is 40.0 Å². The van der Waals surface area contributed by atoms with Gasteiger partial charge in [0.25, 0.3) is 0 Å². The number of hydrogen-bond donors (Lipinski definition) is 0. The van der Waals surface area contributed by atoms with Gasteiger partial charge in [-0.15, -0.1) is 0 Å². The largest absolute Gasteiger partial charge is 0.497 e. The first-order valence-electron chi connectivity index (χ1n) is 6.86. The molecule has 2 rings (SSSR count). The Labute approximate surface area is 144 Å². The first-order chi connectivity index (χ1) is 10.7. The zero-order valence-electron chi connectivity index (χ0n) is 12.8. The highest BCUT2D eigenvalue weighted by Crippen LogP contribution is 2.33. The SMILES string of the molecule is CCOc1c(I)cc(C=Nc2ccc(OC)cc2)cc1OC. The number of benzene rings is 2. The number of nitrogens with zero attached hydrogens (tertiary/aromatic N) is 1. The predicted molar refractivity (Wildman–Crippen MR) is 97.1 cm³/mol. The molecule has 2 aromatic rings. The fraction of sp³-hybridized carbons (Fsp3) is 0.235. The van der Waals surface area contributed by atoms with Crippen molar-refractivity contribution in [2.24, 2.45) is 4.99 Å². The molecule has 0 saturated carbocycles. The Hall–Kier alpha value is -1.76. The Morgan fingerprint density at radius 2 is 1.82 bits per heavy atom. The van der Waals surface area contributed by atoms with Crippen LogP contribution in [0.25, 0.3) is 0 Å². The van der Waals surface area contributed by atoms with Crippen molar-refractivity contribution >= 4 is 34.5 Å². The van der Waals surface area contributed by atoms with Gasteiger partial charge in [0.05, 0.1) is 30.1 Å². The molecule has 22 heavy (non-hydrogen) atoms. The molecule has 0 heterocycles. The Morgan fingerprint density at radius 3 is 2.41 bits per heavy atom. The minimum Gasteiger partial charge on any atom is -0.497 e. The van der Waals surface area contributed by atoms with Crippen molar-refractivity contribution in [2.45, 2.75) is 6.92 Å². The predicted octanol–water partition coefficient (Wildman–Crippen LogP) is 4.46. The lowest BCUT2D eigenvalue weighted by Gasteiger charge is -2.12. The molecule has 0 spiro atoms. The van der Waals surface area contributed by atoms with E-state index >= 15 is 0 Å². The third-order valence-electron chi connectivity index (χ3n) is 2.98. The summed E-state index contributed by atoms with van der Waals surface area (Å²) in [5, 5.41) is 0. The van der Waals surface area contributed by atoms with Crippen molar-refractivity contribution in [3.8, 4) is 17.2 Å². The zero-order valence-corrected chi connectivity index (χ0v) is 15.0. The Balaban J connectivity index is 2.24. The maximum atomic E-state index is 5.61. The summed E-state index contributed by atoms with van der Waals surface area (Å²) >= 11 is 2.24. The van der Waals surface area contributed by atoms with Crippen molar-refractivity contribution in [1.29, 1.82) is 0 Å². The fourth-order valence-corrected chi connectivity index (χ4v) is 2.70. The maximum absolute atomic E-state index is 5.61. The molecule has 0 radical (unpaired) electrons. The average molecular weight is 411 g/mol. The van der Waals surface area contributed by atoms with Gasteiger partial charge < -0.3 is 14.2 Å². The van der Waals surface area contributed by atoms with E-state index in [4.69, 9.17) is 14.2 Å². The van der Waals surface area contributed by atoms with Crippen LogP contribution in [0.4, 0.5) is 5.69 Å². The number of hydrogen-bond acceptors (Lipinski definition) is 4. The zero-order chi connectivity index (χ0) is 15.9. The van der Waals surface area contributed by atoms with E-state index in [1.807, 2.05) is 49.5 Å². The summed E-state index contributed by atoms with van der Waals surface area (Å²) < 4.78 is 17.1. The van der Waals surface area contributed by atoms with Gasteiger partial charge in [-0.3, -0.25) is 4.99 Å². The van der Waals surface area contributed by atoms with Gasteiger partial charge in [-0.25, -0.2) is 0 Å². The maximum Gasteiger partial charge on any atom is 0.174 e. The second-order valence-electron chi connectivity index (χ2n) is 4.42. The highest BCUT2D eigenvalue weighted by atomic mass is 127. The molecule has 0 amide bonds. The number of methoxy groups -OCH3 is 2. The lowest BCUT2D eigenvalue weighted by atomic mass is 10.2. The van der Waals surface area contributed by atoms with Gasteiger partial charge in [-0.05, 0) is 71.5 Å². The van der Waals surface area contributed by atoms with Crippen LogP contribution in [0.2, 0.25) is 0 Å². The van der Waals surface area contributed by atoms with Crippen molar-refractivity contribution < 1.29 is 14.2 Å². The number of ether oxygens (including phenoxy) is 3. The van der Waals surface area contributed by atoms with Crippen LogP contribution < -0.4 is 14.2 Å². The van der Waals surface area contributed by atoms with E-state index in [1.165, 1.54) is 0 Å². The molecule has 0 N–H and O–H groups in total. The van der Waals surface area contributed by atoms with Gasteiger partial charge in [0.2, 0.25) is 0 Å². The standard InChI is InChI=1S/C17H18INO3/c1-4-22-17-15(18)9-12(10-16(17)21-3)11-19-13-5-7-14(20-2)8-6-13/h5-11H,4H2,1-3H3. The van der Waals surface area contributed by atoms with E-state index in [-0.39, 0.29) is 0 Å². The molecule has 0 aliphatic heterocycles. The van der Waals surface area contributed by atoms with Gasteiger partial charge in [0, 0.05) is 6.21 Å². The second kappa shape index (κ2) is 8.03. The Morgan fingerprint density at radius 1 is 1.09 bits per heavy atom. The summed E-state index contributed by atoms with van der Waals surface area (Å²) in [6, 6.07) is 11.5. The lowest BCUT2D eigenvalue weighted by Crippen LogP contribution is -1.99. The average Bonchev–Trinajstić information content (AvgIpc) is 2.55. The fourth-order valence-electron chi connectivity index (χ4n) is 1.92. The molecule has 0 bridgehead atoms. The molecule has 0 fully saturated rings. The summed E-state index contributed by atoms with van der Waals surface area (Å²) in [5.74, 6) is 2.30. The van der Waals surface area contributed by atoms with Crippen LogP contribution in [0.1, 0.15) is 12.5 Å². The number of aliphatic imine (C=N–C) groups is 1. The minimum atomic E-state index is 0.603. The molecular formula is C17H18INO3. The van der Waals surface area contributed by atoms with Crippen LogP contribution in [0.3, 0.4) is 0 Å². The van der Waals surface area contributed by atoms with Crippen molar-refractivity contribution in [3.63, 3.8) is 0 Å². The van der Waals surface area contributed by atoms with Crippen LogP contribution in [0, 0.1) is 3.57 Å². The molecule has 0 aromatic heterocycles. The van der Waals surface area contributed by atoms with E-state index in [0.29, 0.717) is 12.4 Å². The molecule has 116 valence electrons. The molecule has 0 atom stereocenters. The van der Waals surface area contributed by atoms with E-state index < -0.39 is 0 Å². The van der Waals surface area contributed by atoms with Crippen LogP contribution in [0.15, 0.2) is 41.4 Å². The quantitative estimate of drug-likeness (QED) is 0.521. The van der Waals surface area contributed by atoms with Crippen LogP contribution in [-0.2, 0) is 0 Å². The van der Waals surface area contributed by atoms with Gasteiger partial charge in [-0.1, -0.05) is 0 Å². The van der Waals surface area contributed by atoms with Crippen LogP contribution in [0.5, 0.6) is 17.2 Å². The third kappa shape index (κ3) is 4.13. The molecule has 2 aromatic carbocycles. The molecule has 0 saturated heterocycles. The van der Waals surface area contributed by atoms with Crippen molar-refractivity contribution in [1.82, 2.24) is 0 Å². The number of rotatable bonds is 6. The first kappa shape index (κ1) is 16.6. The van der Waals surface area contributed by atoms with Crippen molar-refractivity contribution in [2.75, 3.05) is 20.8 Å². The van der Waals surface area contributed by atoms with E-state index in [9.17, 15) is 0 Å². The Kier molecular flexibility index (Phi) is 6.06. The van der Waals surface area contributed by atoms with Crippen LogP contribution >= 0.6 is 22.6 Å². The summed E-state index contributed by atoms with van der Waals surface area (Å²) in [6.45, 7) is 2.56. The van der Waals surface area contributed by atoms with Gasteiger partial charge in [-0.2, -0.15) is 0 Å². The second-order valence-corrected chi connectivity index (χ2v) is 5.59. The summed E-state index contributed by atoms with van der Waals surface area (Å²) in [7, 11) is 3.28. The first-order valence-corrected chi connectivity index (χ1v) is 7.94. The van der Waals surface area contributed by atoms with Crippen molar-refractivity contribution in [3.05, 3.63) is 45.5 Å². The van der Waals surface area contributed by atoms with E-state index in [2.05, 4.69) is 27.6 Å². The van der Waals surface area contributed by atoms with E-state index in [1.54, 1.807) is 14.2 Å². The smallest absolute Gasteiger partial charge is 0.174 e. The molecule has 0 aliphatic rings. The van der Waals surface area contributed by atoms with Gasteiger partial charge >= 0.3 is 0 Å². The summed E-state index contributed by atoms with van der Waals surface area (Å²) in [5.41, 5.74) is 1.82. The third-order valence-corrected chi connectivity index (χ3v) is 3.78. The molecule has 5 heteroatoms. The molecule has 4 nitrogen and oxygen atoms in total. The highest BCUT2D eigenvalue weighted by Gasteiger charge is 2.10. The lowest BCUT2D eigenvalue weighted by molar-refractivity contribution is 0.308.